The first kappa shape index (κ1) is 27.1. The van der Waals surface area contributed by atoms with Crippen LogP contribution < -0.4 is 8.51 Å². The average Bonchev–Trinajstić information content (AvgIpc) is 3.66. The van der Waals surface area contributed by atoms with Gasteiger partial charge in [-0.05, 0) is 0 Å². The minimum atomic E-state index is -0.713. The van der Waals surface area contributed by atoms with Crippen molar-refractivity contribution in [3.63, 3.8) is 0 Å². The van der Waals surface area contributed by atoms with Gasteiger partial charge in [0.2, 0.25) is 0 Å². The van der Waals surface area contributed by atoms with E-state index in [9.17, 15) is 4.79 Å². The summed E-state index contributed by atoms with van der Waals surface area (Å²) in [5.41, 5.74) is 11.6. The molecular weight excluding hydrogens is 718 g/mol. The van der Waals surface area contributed by atoms with Crippen molar-refractivity contribution in [1.82, 2.24) is 0 Å². The van der Waals surface area contributed by atoms with Crippen LogP contribution in [0.3, 0.4) is 0 Å². The van der Waals surface area contributed by atoms with Gasteiger partial charge in [0, 0.05) is 0 Å². The predicted octanol–water partition coefficient (Wildman–Crippen LogP) is 9.52. The van der Waals surface area contributed by atoms with Gasteiger partial charge < -0.3 is 0 Å². The fourth-order valence-electron chi connectivity index (χ4n) is 8.73. The molecule has 1 atom stereocenters. The number of hydrogen-bond donors (Lipinski definition) is 0. The van der Waals surface area contributed by atoms with Crippen molar-refractivity contribution in [2.75, 3.05) is 4.90 Å². The first-order chi connectivity index (χ1) is 23.7. The van der Waals surface area contributed by atoms with Crippen molar-refractivity contribution in [1.29, 1.82) is 0 Å². The standard InChI is InChI=1S/C44H26NOSTe/c46-42-29-14-3-10-23-40(29)48-41-25-35-30(24-31(41)42)26-12-1-4-16-32(26)44(35)33-17-5-7-19-36(33)45(37-20-8-6-18-34(37)44)38-21-11-15-28-27-13-2-9-22-39(27)47-43(28)38/h1-25,31H. The van der Waals surface area contributed by atoms with Crippen LogP contribution in [0, 0.1) is 5.92 Å². The fraction of sp³-hybridized carbons (Fsp3) is 0.0455. The molecule has 2 aliphatic heterocycles. The number of anilines is 3. The number of fused-ring (bicyclic) bond motifs is 14. The number of ketones is 1. The second kappa shape index (κ2) is 9.84. The number of Topliss-reactive ketones (excluding diaryl/α,β-unsaturated/α-hetero) is 1. The van der Waals surface area contributed by atoms with Crippen LogP contribution in [0.5, 0.6) is 0 Å². The molecule has 48 heavy (non-hydrogen) atoms. The van der Waals surface area contributed by atoms with E-state index in [0.717, 1.165) is 5.56 Å². The van der Waals surface area contributed by atoms with Gasteiger partial charge >= 0.3 is 282 Å². The third-order valence-corrected chi connectivity index (χ3v) is 15.2. The number of rotatable bonds is 1. The van der Waals surface area contributed by atoms with Crippen LogP contribution in [-0.4, -0.2) is 29.8 Å². The van der Waals surface area contributed by atoms with Crippen molar-refractivity contribution in [3.05, 3.63) is 185 Å². The van der Waals surface area contributed by atoms with Crippen molar-refractivity contribution < 1.29 is 4.79 Å². The zero-order chi connectivity index (χ0) is 31.6. The summed E-state index contributed by atoms with van der Waals surface area (Å²) in [7, 11) is 0. The average molecular weight is 744 g/mol. The normalized spacial score (nSPS) is 17.9. The van der Waals surface area contributed by atoms with E-state index in [1.165, 1.54) is 77.8 Å². The molecule has 0 saturated carbocycles. The molecule has 6 aromatic carbocycles. The van der Waals surface area contributed by atoms with Gasteiger partial charge in [0.05, 0.1) is 0 Å². The van der Waals surface area contributed by atoms with Crippen molar-refractivity contribution in [2.45, 2.75) is 5.41 Å². The minimum absolute atomic E-state index is 0.180. The number of carbonyl (C=O) groups excluding carboxylic acids is 1. The van der Waals surface area contributed by atoms with Gasteiger partial charge in [0.1, 0.15) is 0 Å². The van der Waals surface area contributed by atoms with E-state index in [0.29, 0.717) is 0 Å². The summed E-state index contributed by atoms with van der Waals surface area (Å²) in [5, 5.41) is 2.60. The zero-order valence-electron chi connectivity index (χ0n) is 25.7. The van der Waals surface area contributed by atoms with Gasteiger partial charge in [0.25, 0.3) is 0 Å². The van der Waals surface area contributed by atoms with E-state index in [-0.39, 0.29) is 11.7 Å². The third-order valence-electron chi connectivity index (χ3n) is 10.6. The van der Waals surface area contributed by atoms with Crippen LogP contribution in [-0.2, 0) is 5.41 Å². The summed E-state index contributed by atoms with van der Waals surface area (Å²) in [6.45, 7) is 0. The Kier molecular flexibility index (Phi) is 5.57. The van der Waals surface area contributed by atoms with Gasteiger partial charge in [-0.2, -0.15) is 0 Å². The van der Waals surface area contributed by atoms with Crippen LogP contribution in [0.2, 0.25) is 0 Å². The Balaban J connectivity index is 1.23. The Bertz CT molecular complexity index is 2630. The molecule has 225 valence electrons. The molecule has 0 saturated heterocycles. The first-order valence-corrected chi connectivity index (χ1v) is 19.5. The summed E-state index contributed by atoms with van der Waals surface area (Å²) < 4.78 is 5.18. The first-order valence-electron chi connectivity index (χ1n) is 16.3. The van der Waals surface area contributed by atoms with Crippen LogP contribution >= 0.6 is 11.3 Å². The molecule has 0 fully saturated rings. The number of allylic oxidation sites excluding steroid dienone is 4. The molecule has 1 unspecified atom stereocenters. The summed E-state index contributed by atoms with van der Waals surface area (Å²) in [4.78, 5) is 16.5. The Morgan fingerprint density at radius 1 is 0.604 bits per heavy atom. The Morgan fingerprint density at radius 2 is 1.23 bits per heavy atom. The van der Waals surface area contributed by atoms with E-state index in [1.807, 2.05) is 23.5 Å². The predicted molar refractivity (Wildman–Crippen MR) is 201 cm³/mol. The molecule has 2 aliphatic carbocycles. The van der Waals surface area contributed by atoms with Gasteiger partial charge in [-0.1, -0.05) is 12.1 Å². The summed E-state index contributed by atoms with van der Waals surface area (Å²) in [6, 6.07) is 50.8. The summed E-state index contributed by atoms with van der Waals surface area (Å²) >= 11 is 1.16. The molecule has 1 aromatic heterocycles. The van der Waals surface area contributed by atoms with Gasteiger partial charge in [-0.25, -0.2) is 0 Å². The molecule has 1 spiro atoms. The number of para-hydroxylation sites is 2. The van der Waals surface area contributed by atoms with E-state index in [2.05, 4.69) is 144 Å². The molecule has 0 bridgehead atoms. The Hall–Kier alpha value is -4.85. The van der Waals surface area contributed by atoms with E-state index < -0.39 is 25.9 Å². The van der Waals surface area contributed by atoms with Crippen LogP contribution in [0.1, 0.15) is 32.6 Å². The fourth-order valence-corrected chi connectivity index (χ4v) is 13.2. The van der Waals surface area contributed by atoms with E-state index >= 15 is 0 Å². The number of nitrogens with zero attached hydrogens (tertiary/aromatic N) is 1. The number of thiophene rings is 1. The molecule has 4 heteroatoms. The second-order valence-corrected chi connectivity index (χ2v) is 17.1. The van der Waals surface area contributed by atoms with Crippen molar-refractivity contribution in [3.8, 4) is 0 Å². The van der Waals surface area contributed by atoms with Gasteiger partial charge in [-0.15, -0.1) is 0 Å². The third kappa shape index (κ3) is 3.38. The summed E-state index contributed by atoms with van der Waals surface area (Å²) in [5.74, 6) is 0.0608. The molecule has 0 N–H and O–H groups in total. The SMILES string of the molecule is O=C1c2ccccc2[Te]=C2C=C3C(=CC12)c1ccccc1C31c2ccccc2N(c2cccc3c2sc2ccccc23)c2ccccc21. The van der Waals surface area contributed by atoms with E-state index in [1.54, 1.807) is 0 Å². The maximum atomic E-state index is 14.0. The Labute approximate surface area is 291 Å². The molecule has 7 aromatic rings. The second-order valence-electron chi connectivity index (χ2n) is 12.9. The monoisotopic (exact) mass is 746 g/mol. The molecule has 11 rings (SSSR count). The maximum absolute atomic E-state index is 14.0. The molecule has 1 radical (unpaired) electrons. The molecule has 3 heterocycles. The molecule has 0 amide bonds. The van der Waals surface area contributed by atoms with Gasteiger partial charge in [0.15, 0.2) is 0 Å². The van der Waals surface area contributed by atoms with Crippen LogP contribution in [0.4, 0.5) is 17.1 Å². The van der Waals surface area contributed by atoms with Gasteiger partial charge in [-0.3, -0.25) is 0 Å². The molecule has 2 nitrogen and oxygen atoms in total. The Morgan fingerprint density at radius 3 is 2.04 bits per heavy atom. The van der Waals surface area contributed by atoms with E-state index in [4.69, 9.17) is 0 Å². The number of benzene rings is 6. The van der Waals surface area contributed by atoms with Crippen LogP contribution in [0.15, 0.2) is 157 Å². The van der Waals surface area contributed by atoms with Crippen molar-refractivity contribution >= 4 is 87.5 Å². The number of hydrogen-bond acceptors (Lipinski definition) is 3. The summed E-state index contributed by atoms with van der Waals surface area (Å²) in [6.07, 6.45) is 4.78. The topological polar surface area (TPSA) is 20.3 Å². The quantitative estimate of drug-likeness (QED) is 0.156. The van der Waals surface area contributed by atoms with Crippen LogP contribution in [0.25, 0.3) is 25.7 Å². The zero-order valence-corrected chi connectivity index (χ0v) is 28.8. The van der Waals surface area contributed by atoms with Crippen molar-refractivity contribution in [2.24, 2.45) is 5.92 Å². The molecule has 4 aliphatic rings. The number of carbonyl (C=O) groups is 1. The molecular formula is C44H26NOSTe.